The number of amides is 4. The van der Waals surface area contributed by atoms with Crippen LogP contribution in [-0.2, 0) is 19.1 Å². The van der Waals surface area contributed by atoms with Gasteiger partial charge in [-0.1, -0.05) is 0 Å². The smallest absolute Gasteiger partial charge is 0.419 e. The molecule has 0 radical (unpaired) electrons. The van der Waals surface area contributed by atoms with Gasteiger partial charge in [-0.2, -0.15) is 0 Å². The fraction of sp³-hybridized carbons (Fsp3) is 0.714. The minimum atomic E-state index is -2.62. The van der Waals surface area contributed by atoms with Gasteiger partial charge in [-0.3, -0.25) is 4.79 Å². The van der Waals surface area contributed by atoms with Gasteiger partial charge in [-0.25, -0.2) is 28.6 Å². The molecule has 9 heteroatoms. The summed E-state index contributed by atoms with van der Waals surface area (Å²) in [5.74, 6) is -2.41. The number of carbonyl (C=O) groups excluding carboxylic acids is 4. The van der Waals surface area contributed by atoms with Crippen LogP contribution in [0.2, 0.25) is 0 Å². The van der Waals surface area contributed by atoms with Crippen molar-refractivity contribution in [2.45, 2.75) is 59.0 Å². The van der Waals surface area contributed by atoms with Gasteiger partial charge in [0.15, 0.2) is 0 Å². The molecule has 0 bridgehead atoms. The lowest BCUT2D eigenvalue weighted by atomic mass is 10.2. The van der Waals surface area contributed by atoms with Crippen LogP contribution in [-0.4, -0.2) is 57.8 Å². The highest BCUT2D eigenvalue weighted by molar-refractivity contribution is 6.10. The highest BCUT2D eigenvalue weighted by atomic mass is 19.1. The van der Waals surface area contributed by atoms with E-state index in [1.54, 1.807) is 20.8 Å². The molecule has 0 aromatic rings. The third-order valence-corrected chi connectivity index (χ3v) is 2.44. The van der Waals surface area contributed by atoms with Gasteiger partial charge in [0.25, 0.3) is 12.2 Å². The van der Waals surface area contributed by atoms with Crippen molar-refractivity contribution in [3.05, 3.63) is 0 Å². The SMILES string of the molecule is CC(C)(C)OC(=O)C(F)N1C(=O)CN(C(=O)OC(C)(C)C)C1=O. The van der Waals surface area contributed by atoms with Crippen LogP contribution in [0.3, 0.4) is 0 Å². The fourth-order valence-corrected chi connectivity index (χ4v) is 1.65. The third-order valence-electron chi connectivity index (χ3n) is 2.44. The van der Waals surface area contributed by atoms with Gasteiger partial charge in [0, 0.05) is 0 Å². The normalized spacial score (nSPS) is 17.3. The molecule has 0 aliphatic carbocycles. The number of carbonyl (C=O) groups is 4. The highest BCUT2D eigenvalue weighted by Crippen LogP contribution is 2.20. The van der Waals surface area contributed by atoms with E-state index in [4.69, 9.17) is 9.47 Å². The Morgan fingerprint density at radius 1 is 1.04 bits per heavy atom. The van der Waals surface area contributed by atoms with Crippen LogP contribution < -0.4 is 0 Å². The average Bonchev–Trinajstić information content (AvgIpc) is 2.59. The van der Waals surface area contributed by atoms with Gasteiger partial charge < -0.3 is 9.47 Å². The van der Waals surface area contributed by atoms with Crippen LogP contribution in [0.4, 0.5) is 14.0 Å². The molecule has 0 aromatic heterocycles. The Morgan fingerprint density at radius 3 is 1.96 bits per heavy atom. The first-order valence-corrected chi connectivity index (χ1v) is 6.96. The van der Waals surface area contributed by atoms with E-state index in [2.05, 4.69) is 0 Å². The zero-order valence-electron chi connectivity index (χ0n) is 14.0. The molecule has 1 rings (SSSR count). The minimum Gasteiger partial charge on any atom is -0.456 e. The summed E-state index contributed by atoms with van der Waals surface area (Å²) in [5.41, 5.74) is -1.88. The van der Waals surface area contributed by atoms with E-state index in [-0.39, 0.29) is 4.90 Å². The molecule has 1 atom stereocenters. The largest absolute Gasteiger partial charge is 0.456 e. The molecule has 23 heavy (non-hydrogen) atoms. The van der Waals surface area contributed by atoms with Crippen molar-refractivity contribution in [2.75, 3.05) is 6.54 Å². The van der Waals surface area contributed by atoms with Crippen molar-refractivity contribution < 1.29 is 33.0 Å². The topological polar surface area (TPSA) is 93.2 Å². The number of urea groups is 1. The van der Waals surface area contributed by atoms with Crippen molar-refractivity contribution in [1.82, 2.24) is 9.80 Å². The number of nitrogens with zero attached hydrogens (tertiary/aromatic N) is 2. The predicted octanol–water partition coefficient (Wildman–Crippen LogP) is 1.82. The lowest BCUT2D eigenvalue weighted by Crippen LogP contribution is -2.46. The van der Waals surface area contributed by atoms with Gasteiger partial charge in [0.05, 0.1) is 0 Å². The van der Waals surface area contributed by atoms with Crippen LogP contribution in [0.1, 0.15) is 41.5 Å². The Kier molecular flexibility index (Phi) is 5.03. The van der Waals surface area contributed by atoms with Gasteiger partial charge in [-0.15, -0.1) is 0 Å². The summed E-state index contributed by atoms with van der Waals surface area (Å²) in [6, 6.07) is -1.26. The zero-order valence-corrected chi connectivity index (χ0v) is 14.0. The van der Waals surface area contributed by atoms with E-state index < -0.39 is 48.0 Å². The second kappa shape index (κ2) is 6.13. The summed E-state index contributed by atoms with van der Waals surface area (Å²) in [5, 5.41) is 0. The Bertz CT molecular complexity index is 534. The van der Waals surface area contributed by atoms with Crippen molar-refractivity contribution in [1.29, 1.82) is 0 Å². The third kappa shape index (κ3) is 4.90. The monoisotopic (exact) mass is 332 g/mol. The molecular weight excluding hydrogens is 311 g/mol. The summed E-state index contributed by atoms with van der Waals surface area (Å²) in [4.78, 5) is 47.8. The molecule has 8 nitrogen and oxygen atoms in total. The Morgan fingerprint density at radius 2 is 1.52 bits per heavy atom. The van der Waals surface area contributed by atoms with E-state index in [9.17, 15) is 23.6 Å². The first-order valence-electron chi connectivity index (χ1n) is 6.96. The maximum absolute atomic E-state index is 14.1. The number of hydrogen-bond acceptors (Lipinski definition) is 6. The first-order chi connectivity index (χ1) is 10.2. The summed E-state index contributed by atoms with van der Waals surface area (Å²) < 4.78 is 23.9. The molecule has 1 aliphatic rings. The van der Waals surface area contributed by atoms with Crippen LogP contribution in [0.15, 0.2) is 0 Å². The van der Waals surface area contributed by atoms with Crippen LogP contribution in [0.25, 0.3) is 0 Å². The summed E-state index contributed by atoms with van der Waals surface area (Å²) in [6.45, 7) is 8.56. The van der Waals surface area contributed by atoms with E-state index in [1.165, 1.54) is 20.8 Å². The Hall–Kier alpha value is -2.19. The number of esters is 1. The number of ether oxygens (including phenoxy) is 2. The van der Waals surface area contributed by atoms with Crippen molar-refractivity contribution in [3.63, 3.8) is 0 Å². The maximum Gasteiger partial charge on any atom is 0.419 e. The van der Waals surface area contributed by atoms with Gasteiger partial charge in [0.2, 0.25) is 0 Å². The van der Waals surface area contributed by atoms with Crippen molar-refractivity contribution >= 4 is 24.0 Å². The van der Waals surface area contributed by atoms with Crippen LogP contribution in [0, 0.1) is 0 Å². The van der Waals surface area contributed by atoms with E-state index in [1.807, 2.05) is 0 Å². The molecule has 1 heterocycles. The highest BCUT2D eigenvalue weighted by Gasteiger charge is 2.48. The molecule has 0 N–H and O–H groups in total. The van der Waals surface area contributed by atoms with Gasteiger partial charge in [0.1, 0.15) is 17.7 Å². The first kappa shape index (κ1) is 18.9. The molecule has 0 saturated carbocycles. The summed E-state index contributed by atoms with van der Waals surface area (Å²) in [6.07, 6.45) is -3.71. The number of halogens is 1. The van der Waals surface area contributed by atoms with E-state index in [0.29, 0.717) is 4.90 Å². The molecule has 0 spiro atoms. The summed E-state index contributed by atoms with van der Waals surface area (Å²) in [7, 11) is 0. The molecular formula is C14H21FN2O6. The fourth-order valence-electron chi connectivity index (χ4n) is 1.65. The van der Waals surface area contributed by atoms with Gasteiger partial charge in [-0.05, 0) is 41.5 Å². The molecule has 4 amide bonds. The Balaban J connectivity index is 2.87. The maximum atomic E-state index is 14.1. The van der Waals surface area contributed by atoms with E-state index >= 15 is 0 Å². The predicted molar refractivity (Wildman–Crippen MR) is 75.9 cm³/mol. The molecule has 1 fully saturated rings. The van der Waals surface area contributed by atoms with E-state index in [0.717, 1.165) is 0 Å². The molecule has 130 valence electrons. The number of alkyl halides is 1. The minimum absolute atomic E-state index is 0.0536. The average molecular weight is 332 g/mol. The second-order valence-electron chi connectivity index (χ2n) is 6.98. The zero-order chi connectivity index (χ0) is 18.2. The summed E-state index contributed by atoms with van der Waals surface area (Å²) >= 11 is 0. The lowest BCUT2D eigenvalue weighted by molar-refractivity contribution is -0.169. The van der Waals surface area contributed by atoms with Gasteiger partial charge >= 0.3 is 18.1 Å². The molecule has 1 aliphatic heterocycles. The van der Waals surface area contributed by atoms with Crippen molar-refractivity contribution in [3.8, 4) is 0 Å². The van der Waals surface area contributed by atoms with Crippen LogP contribution >= 0.6 is 0 Å². The second-order valence-corrected chi connectivity index (χ2v) is 6.98. The Labute approximate surface area is 133 Å². The lowest BCUT2D eigenvalue weighted by Gasteiger charge is -2.25. The standard InChI is InChI=1S/C14H21FN2O6/c1-13(2,3)22-10(19)9(15)17-8(18)7-16(11(17)20)12(21)23-14(4,5)6/h9H,7H2,1-6H3. The quantitative estimate of drug-likeness (QED) is 0.435. The molecule has 0 aromatic carbocycles. The van der Waals surface area contributed by atoms with Crippen LogP contribution in [0.5, 0.6) is 0 Å². The molecule has 1 unspecified atom stereocenters. The number of imide groups is 2. The number of hydrogen-bond donors (Lipinski definition) is 0. The number of rotatable bonds is 2. The molecule has 1 saturated heterocycles. The van der Waals surface area contributed by atoms with Crippen molar-refractivity contribution in [2.24, 2.45) is 0 Å².